The van der Waals surface area contributed by atoms with Crippen LogP contribution in [0.3, 0.4) is 0 Å². The van der Waals surface area contributed by atoms with Crippen LogP contribution in [0.5, 0.6) is 11.5 Å². The molecule has 0 amide bonds. The van der Waals surface area contributed by atoms with E-state index in [0.717, 1.165) is 53.8 Å². The van der Waals surface area contributed by atoms with Crippen molar-refractivity contribution in [2.75, 3.05) is 7.11 Å². The van der Waals surface area contributed by atoms with Crippen molar-refractivity contribution < 1.29 is 19.1 Å². The van der Waals surface area contributed by atoms with Gasteiger partial charge in [0.2, 0.25) is 0 Å². The summed E-state index contributed by atoms with van der Waals surface area (Å²) in [6, 6.07) is 21.4. The van der Waals surface area contributed by atoms with Crippen molar-refractivity contribution in [2.45, 2.75) is 57.6 Å². The number of ketones is 2. The minimum Gasteiger partial charge on any atom is -0.493 e. The molecule has 3 aliphatic rings. The molecule has 1 heterocycles. The molecule has 41 heavy (non-hydrogen) atoms. The normalized spacial score (nSPS) is 17.5. The Morgan fingerprint density at radius 2 is 1.44 bits per heavy atom. The van der Waals surface area contributed by atoms with Gasteiger partial charge in [0, 0.05) is 58.4 Å². The van der Waals surface area contributed by atoms with Gasteiger partial charge in [0.25, 0.3) is 0 Å². The van der Waals surface area contributed by atoms with Crippen molar-refractivity contribution in [1.82, 2.24) is 4.90 Å². The molecule has 0 fully saturated rings. The predicted octanol–water partition coefficient (Wildman–Crippen LogP) is 8.19. The van der Waals surface area contributed by atoms with Gasteiger partial charge in [-0.1, -0.05) is 71.7 Å². The van der Waals surface area contributed by atoms with Crippen molar-refractivity contribution in [3.8, 4) is 11.5 Å². The third-order valence-electron chi connectivity index (χ3n) is 8.18. The summed E-state index contributed by atoms with van der Waals surface area (Å²) < 4.78 is 11.8. The average Bonchev–Trinajstić information content (AvgIpc) is 2.98. The van der Waals surface area contributed by atoms with Gasteiger partial charge in [-0.25, -0.2) is 0 Å². The fourth-order valence-electron chi connectivity index (χ4n) is 6.32. The maximum Gasteiger partial charge on any atom is 0.180 e. The molecular formula is C34H31Cl2NO4. The van der Waals surface area contributed by atoms with Gasteiger partial charge in [0.15, 0.2) is 23.1 Å². The van der Waals surface area contributed by atoms with E-state index < -0.39 is 5.92 Å². The first kappa shape index (κ1) is 27.6. The summed E-state index contributed by atoms with van der Waals surface area (Å²) in [6.07, 6.45) is 4.11. The number of hydrogen-bond donors (Lipinski definition) is 0. The second kappa shape index (κ2) is 11.8. The van der Waals surface area contributed by atoms with Crippen LogP contribution < -0.4 is 9.47 Å². The minimum absolute atomic E-state index is 0.0911. The molecule has 0 N–H and O–H groups in total. The summed E-state index contributed by atoms with van der Waals surface area (Å²) in [5.41, 5.74) is 6.21. The Labute approximate surface area is 250 Å². The number of Topliss-reactive ketones (excluding diaryl/α,β-unsaturated/α-hetero) is 2. The number of nitrogens with zero attached hydrogens (tertiary/aromatic N) is 1. The molecule has 3 aromatic carbocycles. The number of hydrogen-bond acceptors (Lipinski definition) is 5. The number of ether oxygens (including phenoxy) is 2. The number of allylic oxidation sites excluding steroid dienone is 4. The Bertz CT molecular complexity index is 1530. The van der Waals surface area contributed by atoms with Crippen LogP contribution in [0.2, 0.25) is 10.0 Å². The lowest BCUT2D eigenvalue weighted by Crippen LogP contribution is -2.38. The van der Waals surface area contributed by atoms with Crippen LogP contribution in [-0.2, 0) is 22.7 Å². The van der Waals surface area contributed by atoms with E-state index >= 15 is 0 Å². The van der Waals surface area contributed by atoms with Crippen LogP contribution in [0.4, 0.5) is 0 Å². The highest BCUT2D eigenvalue weighted by Gasteiger charge is 2.43. The number of carbonyl (C=O) groups is 2. The van der Waals surface area contributed by atoms with Crippen LogP contribution in [0.1, 0.15) is 61.1 Å². The molecule has 0 unspecified atom stereocenters. The Balaban J connectivity index is 1.45. The van der Waals surface area contributed by atoms with E-state index in [4.69, 9.17) is 32.7 Å². The standard InChI is InChI=1S/C34H31Cl2NO4/c1-40-30-18-23(17-25(36)34(30)41-20-22-11-5-6-12-24(22)35)31-32-26(13-7-15-28(32)38)37(19-21-9-3-2-4-10-21)27-14-8-16-29(39)33(27)31/h2-6,9-12,17-18,31H,7-8,13-16,19-20H2,1H3. The predicted molar refractivity (Wildman–Crippen MR) is 160 cm³/mol. The van der Waals surface area contributed by atoms with Crippen LogP contribution in [0.25, 0.3) is 0 Å². The van der Waals surface area contributed by atoms with E-state index in [2.05, 4.69) is 17.0 Å². The summed E-state index contributed by atoms with van der Waals surface area (Å²) in [7, 11) is 1.56. The van der Waals surface area contributed by atoms with Gasteiger partial charge in [-0.15, -0.1) is 0 Å². The zero-order valence-electron chi connectivity index (χ0n) is 22.9. The molecule has 0 bridgehead atoms. The molecule has 3 aromatic rings. The van der Waals surface area contributed by atoms with Gasteiger partial charge < -0.3 is 14.4 Å². The summed E-state index contributed by atoms with van der Waals surface area (Å²) in [5.74, 6) is 0.535. The Morgan fingerprint density at radius 3 is 2.07 bits per heavy atom. The molecule has 0 saturated heterocycles. The number of methoxy groups -OCH3 is 1. The lowest BCUT2D eigenvalue weighted by molar-refractivity contribution is -0.117. The topological polar surface area (TPSA) is 55.8 Å². The first-order valence-electron chi connectivity index (χ1n) is 14.0. The van der Waals surface area contributed by atoms with Crippen molar-refractivity contribution in [2.24, 2.45) is 0 Å². The fraction of sp³-hybridized carbons (Fsp3) is 0.294. The monoisotopic (exact) mass is 587 g/mol. The zero-order valence-corrected chi connectivity index (χ0v) is 24.4. The van der Waals surface area contributed by atoms with Crippen molar-refractivity contribution >= 4 is 34.8 Å². The van der Waals surface area contributed by atoms with E-state index in [9.17, 15) is 9.59 Å². The van der Waals surface area contributed by atoms with Gasteiger partial charge in [0.1, 0.15) is 6.61 Å². The van der Waals surface area contributed by atoms with Crippen LogP contribution in [0.15, 0.2) is 89.3 Å². The minimum atomic E-state index is -0.489. The van der Waals surface area contributed by atoms with E-state index in [-0.39, 0.29) is 18.2 Å². The third-order valence-corrected chi connectivity index (χ3v) is 8.83. The molecule has 5 nitrogen and oxygen atoms in total. The second-order valence-electron chi connectivity index (χ2n) is 10.7. The Morgan fingerprint density at radius 1 is 0.805 bits per heavy atom. The summed E-state index contributed by atoms with van der Waals surface area (Å²) >= 11 is 13.2. The lowest BCUT2D eigenvalue weighted by Gasteiger charge is -2.44. The van der Waals surface area contributed by atoms with E-state index in [0.29, 0.717) is 52.1 Å². The maximum absolute atomic E-state index is 13.7. The van der Waals surface area contributed by atoms with Crippen LogP contribution in [-0.4, -0.2) is 23.6 Å². The molecule has 7 heteroatoms. The molecule has 2 aliphatic carbocycles. The van der Waals surface area contributed by atoms with Gasteiger partial charge >= 0.3 is 0 Å². The van der Waals surface area contributed by atoms with E-state index in [1.54, 1.807) is 7.11 Å². The molecule has 210 valence electrons. The van der Waals surface area contributed by atoms with Crippen LogP contribution in [0, 0.1) is 0 Å². The highest BCUT2D eigenvalue weighted by Crippen LogP contribution is 2.51. The summed E-state index contributed by atoms with van der Waals surface area (Å²) in [5, 5.41) is 0.959. The smallest absolute Gasteiger partial charge is 0.180 e. The zero-order chi connectivity index (χ0) is 28.5. The number of halogens is 2. The van der Waals surface area contributed by atoms with E-state index in [1.165, 1.54) is 0 Å². The first-order chi connectivity index (χ1) is 20.0. The van der Waals surface area contributed by atoms with Gasteiger partial charge in [-0.05, 0) is 55.0 Å². The fourth-order valence-corrected chi connectivity index (χ4v) is 6.78. The van der Waals surface area contributed by atoms with Gasteiger partial charge in [-0.2, -0.15) is 0 Å². The summed E-state index contributed by atoms with van der Waals surface area (Å²) in [6.45, 7) is 0.846. The third kappa shape index (κ3) is 5.29. The van der Waals surface area contributed by atoms with E-state index in [1.807, 2.05) is 54.6 Å². The van der Waals surface area contributed by atoms with Crippen molar-refractivity contribution in [3.05, 3.63) is 116 Å². The maximum atomic E-state index is 13.7. The Kier molecular flexibility index (Phi) is 7.92. The van der Waals surface area contributed by atoms with Gasteiger partial charge in [-0.3, -0.25) is 9.59 Å². The molecule has 0 saturated carbocycles. The highest BCUT2D eigenvalue weighted by molar-refractivity contribution is 6.32. The lowest BCUT2D eigenvalue weighted by atomic mass is 9.71. The SMILES string of the molecule is COc1cc(C2C3=C(CCCC3=O)N(Cc3ccccc3)C3=C2C(=O)CCC3)cc(Cl)c1OCc1ccccc1Cl. The molecule has 0 spiro atoms. The van der Waals surface area contributed by atoms with Crippen LogP contribution >= 0.6 is 23.2 Å². The first-order valence-corrected chi connectivity index (χ1v) is 14.8. The molecule has 0 atom stereocenters. The molecule has 0 radical (unpaired) electrons. The Hall–Kier alpha value is -3.54. The van der Waals surface area contributed by atoms with Crippen molar-refractivity contribution in [1.29, 1.82) is 0 Å². The average molecular weight is 589 g/mol. The highest BCUT2D eigenvalue weighted by atomic mass is 35.5. The number of rotatable bonds is 7. The molecule has 1 aliphatic heterocycles. The number of carbonyl (C=O) groups excluding carboxylic acids is 2. The summed E-state index contributed by atoms with van der Waals surface area (Å²) in [4.78, 5) is 29.6. The second-order valence-corrected chi connectivity index (χ2v) is 11.5. The molecule has 6 rings (SSSR count). The van der Waals surface area contributed by atoms with Crippen molar-refractivity contribution in [3.63, 3.8) is 0 Å². The quantitative estimate of drug-likeness (QED) is 0.279. The molecule has 0 aromatic heterocycles. The van der Waals surface area contributed by atoms with Gasteiger partial charge in [0.05, 0.1) is 12.1 Å². The largest absolute Gasteiger partial charge is 0.493 e. The molecular weight excluding hydrogens is 557 g/mol. The number of benzene rings is 3.